The molecule has 1 aliphatic heterocycles. The number of amides is 1. The number of hydrogen-bond acceptors (Lipinski definition) is 5. The SMILES string of the molecule is COc1ccccc1[C@H]1C2=C(CCCC2=O)Nc2c(C(=O)Nc3ccc(C)cc3)cnn21. The second-order valence-electron chi connectivity index (χ2n) is 8.11. The van der Waals surface area contributed by atoms with E-state index < -0.39 is 6.04 Å². The lowest BCUT2D eigenvalue weighted by atomic mass is 9.85. The molecule has 2 aliphatic rings. The van der Waals surface area contributed by atoms with Crippen molar-refractivity contribution in [3.63, 3.8) is 0 Å². The molecule has 2 heterocycles. The number of benzene rings is 2. The number of nitrogens with zero attached hydrogens (tertiary/aromatic N) is 2. The Hall–Kier alpha value is -3.87. The minimum atomic E-state index is -0.453. The molecular formula is C25H24N4O3. The number of fused-ring (bicyclic) bond motifs is 1. The number of Topliss-reactive ketones (excluding diaryl/α,β-unsaturated/α-hetero) is 1. The number of aryl methyl sites for hydroxylation is 1. The Morgan fingerprint density at radius 1 is 1.16 bits per heavy atom. The van der Waals surface area contributed by atoms with Crippen molar-refractivity contribution in [2.75, 3.05) is 17.7 Å². The van der Waals surface area contributed by atoms with Crippen LogP contribution in [0.3, 0.4) is 0 Å². The molecule has 7 nitrogen and oxygen atoms in total. The van der Waals surface area contributed by atoms with Crippen LogP contribution >= 0.6 is 0 Å². The zero-order valence-corrected chi connectivity index (χ0v) is 18.0. The molecule has 32 heavy (non-hydrogen) atoms. The van der Waals surface area contributed by atoms with E-state index in [-0.39, 0.29) is 11.7 Å². The van der Waals surface area contributed by atoms with Crippen LogP contribution in [0.25, 0.3) is 0 Å². The van der Waals surface area contributed by atoms with Crippen LogP contribution in [-0.2, 0) is 4.79 Å². The van der Waals surface area contributed by atoms with Gasteiger partial charge in [0.15, 0.2) is 5.78 Å². The number of anilines is 2. The third kappa shape index (κ3) is 3.36. The summed E-state index contributed by atoms with van der Waals surface area (Å²) in [5, 5.41) is 10.8. The predicted molar refractivity (Wildman–Crippen MR) is 122 cm³/mol. The molecule has 0 saturated heterocycles. The lowest BCUT2D eigenvalue weighted by Gasteiger charge is -2.34. The summed E-state index contributed by atoms with van der Waals surface area (Å²) < 4.78 is 7.32. The molecule has 0 bridgehead atoms. The second kappa shape index (κ2) is 8.00. The fourth-order valence-corrected chi connectivity index (χ4v) is 4.44. The lowest BCUT2D eigenvalue weighted by Crippen LogP contribution is -2.32. The van der Waals surface area contributed by atoms with Crippen molar-refractivity contribution >= 4 is 23.2 Å². The van der Waals surface area contributed by atoms with E-state index in [1.54, 1.807) is 18.0 Å². The molecule has 0 spiro atoms. The van der Waals surface area contributed by atoms with Crippen molar-refractivity contribution in [3.05, 3.63) is 82.7 Å². The van der Waals surface area contributed by atoms with Gasteiger partial charge < -0.3 is 15.4 Å². The average molecular weight is 428 g/mol. The van der Waals surface area contributed by atoms with E-state index in [0.29, 0.717) is 34.8 Å². The number of ether oxygens (including phenoxy) is 1. The molecule has 2 aromatic carbocycles. The molecule has 0 unspecified atom stereocenters. The van der Waals surface area contributed by atoms with Gasteiger partial charge in [0.1, 0.15) is 23.2 Å². The van der Waals surface area contributed by atoms with Crippen molar-refractivity contribution < 1.29 is 14.3 Å². The largest absolute Gasteiger partial charge is 0.496 e. The molecule has 0 fully saturated rings. The average Bonchev–Trinajstić information content (AvgIpc) is 3.23. The van der Waals surface area contributed by atoms with Crippen molar-refractivity contribution in [3.8, 4) is 5.75 Å². The number of methoxy groups -OCH3 is 1. The summed E-state index contributed by atoms with van der Waals surface area (Å²) in [6, 6.07) is 14.8. The third-order valence-electron chi connectivity index (χ3n) is 6.03. The Labute approximate surface area is 186 Å². The maximum absolute atomic E-state index is 13.1. The van der Waals surface area contributed by atoms with Gasteiger partial charge in [-0.3, -0.25) is 9.59 Å². The number of para-hydroxylation sites is 1. The first-order valence-electron chi connectivity index (χ1n) is 10.7. The van der Waals surface area contributed by atoms with Gasteiger partial charge in [0.05, 0.1) is 13.3 Å². The highest BCUT2D eigenvalue weighted by molar-refractivity contribution is 6.08. The van der Waals surface area contributed by atoms with E-state index >= 15 is 0 Å². The highest BCUT2D eigenvalue weighted by atomic mass is 16.5. The Morgan fingerprint density at radius 3 is 2.72 bits per heavy atom. The number of carbonyl (C=O) groups is 2. The minimum absolute atomic E-state index is 0.0986. The lowest BCUT2D eigenvalue weighted by molar-refractivity contribution is -0.116. The Kier molecular flexibility index (Phi) is 5.01. The van der Waals surface area contributed by atoms with E-state index in [4.69, 9.17) is 4.74 Å². The number of rotatable bonds is 4. The van der Waals surface area contributed by atoms with Crippen LogP contribution in [0.5, 0.6) is 5.75 Å². The Balaban J connectivity index is 1.59. The van der Waals surface area contributed by atoms with Gasteiger partial charge in [0.25, 0.3) is 5.91 Å². The first-order chi connectivity index (χ1) is 15.6. The number of ketones is 1. The molecule has 5 rings (SSSR count). The predicted octanol–water partition coefficient (Wildman–Crippen LogP) is 4.47. The molecule has 0 radical (unpaired) electrons. The molecule has 2 N–H and O–H groups in total. The molecule has 7 heteroatoms. The molecule has 3 aromatic rings. The summed E-state index contributed by atoms with van der Waals surface area (Å²) in [4.78, 5) is 26.1. The summed E-state index contributed by atoms with van der Waals surface area (Å²) in [6.07, 6.45) is 3.58. The van der Waals surface area contributed by atoms with E-state index in [9.17, 15) is 9.59 Å². The zero-order valence-electron chi connectivity index (χ0n) is 18.0. The summed E-state index contributed by atoms with van der Waals surface area (Å²) in [7, 11) is 1.61. The van der Waals surface area contributed by atoms with Crippen LogP contribution < -0.4 is 15.4 Å². The van der Waals surface area contributed by atoms with Crippen LogP contribution in [0, 0.1) is 6.92 Å². The van der Waals surface area contributed by atoms with Gasteiger partial charge >= 0.3 is 0 Å². The minimum Gasteiger partial charge on any atom is -0.496 e. The maximum atomic E-state index is 13.1. The summed E-state index contributed by atoms with van der Waals surface area (Å²) >= 11 is 0. The quantitative estimate of drug-likeness (QED) is 0.640. The van der Waals surface area contributed by atoms with Crippen LogP contribution in [0.2, 0.25) is 0 Å². The first kappa shape index (κ1) is 20.1. The zero-order chi connectivity index (χ0) is 22.2. The Bertz CT molecular complexity index is 1240. The molecule has 1 aliphatic carbocycles. The third-order valence-corrected chi connectivity index (χ3v) is 6.03. The molecular weight excluding hydrogens is 404 g/mol. The van der Waals surface area contributed by atoms with E-state index in [0.717, 1.165) is 29.7 Å². The highest BCUT2D eigenvalue weighted by Gasteiger charge is 2.38. The van der Waals surface area contributed by atoms with Crippen molar-refractivity contribution in [2.24, 2.45) is 0 Å². The van der Waals surface area contributed by atoms with Gasteiger partial charge in [-0.15, -0.1) is 0 Å². The number of hydrogen-bond donors (Lipinski definition) is 2. The first-order valence-corrected chi connectivity index (χ1v) is 10.7. The van der Waals surface area contributed by atoms with Crippen LogP contribution in [0.15, 0.2) is 66.0 Å². The molecule has 162 valence electrons. The van der Waals surface area contributed by atoms with Gasteiger partial charge in [0, 0.05) is 28.9 Å². The van der Waals surface area contributed by atoms with Gasteiger partial charge in [-0.25, -0.2) is 4.68 Å². The highest BCUT2D eigenvalue weighted by Crippen LogP contribution is 2.43. The van der Waals surface area contributed by atoms with Gasteiger partial charge in [-0.2, -0.15) is 5.10 Å². The van der Waals surface area contributed by atoms with Crippen LogP contribution in [0.1, 0.15) is 46.8 Å². The van der Waals surface area contributed by atoms with E-state index in [1.807, 2.05) is 55.5 Å². The van der Waals surface area contributed by atoms with Crippen molar-refractivity contribution in [1.82, 2.24) is 9.78 Å². The van der Waals surface area contributed by atoms with Gasteiger partial charge in [-0.05, 0) is 38.0 Å². The molecule has 1 amide bonds. The number of aromatic nitrogens is 2. The monoisotopic (exact) mass is 428 g/mol. The second-order valence-corrected chi connectivity index (χ2v) is 8.11. The molecule has 1 aromatic heterocycles. The maximum Gasteiger partial charge on any atom is 0.261 e. The fraction of sp³-hybridized carbons (Fsp3) is 0.240. The van der Waals surface area contributed by atoms with Gasteiger partial charge in [-0.1, -0.05) is 35.9 Å². The number of carbonyl (C=O) groups excluding carboxylic acids is 2. The fourth-order valence-electron chi connectivity index (χ4n) is 4.44. The smallest absolute Gasteiger partial charge is 0.261 e. The molecule has 1 atom stereocenters. The van der Waals surface area contributed by atoms with E-state index in [2.05, 4.69) is 15.7 Å². The van der Waals surface area contributed by atoms with Gasteiger partial charge in [0.2, 0.25) is 0 Å². The summed E-state index contributed by atoms with van der Waals surface area (Å²) in [6.45, 7) is 2.00. The van der Waals surface area contributed by atoms with Crippen molar-refractivity contribution in [2.45, 2.75) is 32.2 Å². The Morgan fingerprint density at radius 2 is 1.94 bits per heavy atom. The molecule has 0 saturated carbocycles. The number of nitrogens with one attached hydrogen (secondary N) is 2. The topological polar surface area (TPSA) is 85.2 Å². The summed E-state index contributed by atoms with van der Waals surface area (Å²) in [5.41, 5.74) is 4.65. The standard InChI is InChI=1S/C25H24N4O3/c1-15-10-12-16(13-11-15)27-25(31)18-14-26-29-23(17-6-3-4-9-21(17)32-2)22-19(28-24(18)29)7-5-8-20(22)30/h3-4,6,9-14,23,28H,5,7-8H2,1-2H3,(H,27,31)/t23-/m0/s1. The van der Waals surface area contributed by atoms with Crippen LogP contribution in [0.4, 0.5) is 11.5 Å². The normalized spacial score (nSPS) is 17.3. The van der Waals surface area contributed by atoms with Crippen LogP contribution in [-0.4, -0.2) is 28.6 Å². The number of allylic oxidation sites excluding steroid dienone is 2. The summed E-state index contributed by atoms with van der Waals surface area (Å²) in [5.74, 6) is 1.10. The van der Waals surface area contributed by atoms with E-state index in [1.165, 1.54) is 0 Å². The van der Waals surface area contributed by atoms with Crippen molar-refractivity contribution in [1.29, 1.82) is 0 Å².